The third-order valence-corrected chi connectivity index (χ3v) is 2.75. The van der Waals surface area contributed by atoms with Crippen LogP contribution in [0.4, 0.5) is 0 Å². The monoisotopic (exact) mass is 180 g/mol. The molecule has 0 atom stereocenters. The summed E-state index contributed by atoms with van der Waals surface area (Å²) >= 11 is 0. The second-order valence-corrected chi connectivity index (χ2v) is 3.63. The van der Waals surface area contributed by atoms with Gasteiger partial charge in [-0.05, 0) is 12.8 Å². The fourth-order valence-corrected chi connectivity index (χ4v) is 1.86. The average molecular weight is 180 g/mol. The number of hydrogen-bond donors (Lipinski definition) is 0. The van der Waals surface area contributed by atoms with E-state index in [0.717, 1.165) is 12.8 Å². The predicted octanol–water partition coefficient (Wildman–Crippen LogP) is 1.69. The Kier molecular flexibility index (Phi) is 3.75. The lowest BCUT2D eigenvalue weighted by Crippen LogP contribution is -2.37. The minimum absolute atomic E-state index is 0.0208. The molecule has 0 aromatic rings. The predicted molar refractivity (Wildman–Crippen MR) is 49.9 cm³/mol. The summed E-state index contributed by atoms with van der Waals surface area (Å²) in [7, 11) is 1.82. The van der Waals surface area contributed by atoms with Crippen LogP contribution in [0.25, 0.3) is 0 Å². The van der Waals surface area contributed by atoms with Crippen LogP contribution >= 0.6 is 0 Å². The Morgan fingerprint density at radius 3 is 2.62 bits per heavy atom. The van der Waals surface area contributed by atoms with Gasteiger partial charge in [-0.2, -0.15) is 5.26 Å². The lowest BCUT2D eigenvalue weighted by Gasteiger charge is -2.30. The molecule has 72 valence electrons. The zero-order chi connectivity index (χ0) is 9.68. The molecule has 0 aliphatic heterocycles. The fraction of sp³-hybridized carbons (Fsp3) is 0.800. The lowest BCUT2D eigenvalue weighted by atomic mass is 9.94. The highest BCUT2D eigenvalue weighted by atomic mass is 16.2. The maximum absolute atomic E-state index is 11.3. The maximum Gasteiger partial charge on any atom is 0.236 e. The van der Waals surface area contributed by atoms with Crippen LogP contribution < -0.4 is 0 Å². The van der Waals surface area contributed by atoms with E-state index in [9.17, 15) is 4.79 Å². The van der Waals surface area contributed by atoms with Gasteiger partial charge in [0.25, 0.3) is 0 Å². The van der Waals surface area contributed by atoms with Gasteiger partial charge in [-0.25, -0.2) is 0 Å². The van der Waals surface area contributed by atoms with Crippen LogP contribution in [0.1, 0.15) is 38.5 Å². The van der Waals surface area contributed by atoms with Gasteiger partial charge in [-0.3, -0.25) is 4.79 Å². The molecule has 1 amide bonds. The summed E-state index contributed by atoms with van der Waals surface area (Å²) in [5.74, 6) is -0.0330. The number of rotatable bonds is 2. The largest absolute Gasteiger partial charge is 0.342 e. The van der Waals surface area contributed by atoms with Crippen molar-refractivity contribution < 1.29 is 4.79 Å². The molecule has 0 radical (unpaired) electrons. The molecule has 0 N–H and O–H groups in total. The van der Waals surface area contributed by atoms with Gasteiger partial charge >= 0.3 is 0 Å². The molecule has 0 saturated heterocycles. The van der Waals surface area contributed by atoms with E-state index in [0.29, 0.717) is 6.04 Å². The molecule has 0 spiro atoms. The first kappa shape index (κ1) is 10.0. The van der Waals surface area contributed by atoms with Gasteiger partial charge in [0.15, 0.2) is 0 Å². The topological polar surface area (TPSA) is 44.1 Å². The Hall–Kier alpha value is -1.04. The summed E-state index contributed by atoms with van der Waals surface area (Å²) in [6.45, 7) is 0. The van der Waals surface area contributed by atoms with Crippen molar-refractivity contribution in [2.75, 3.05) is 7.05 Å². The summed E-state index contributed by atoms with van der Waals surface area (Å²) in [6, 6.07) is 2.28. The van der Waals surface area contributed by atoms with Crippen LogP contribution in [0, 0.1) is 11.3 Å². The first-order valence-electron chi connectivity index (χ1n) is 4.88. The van der Waals surface area contributed by atoms with Crippen LogP contribution in [-0.4, -0.2) is 23.9 Å². The van der Waals surface area contributed by atoms with E-state index >= 15 is 0 Å². The molecule has 3 nitrogen and oxygen atoms in total. The van der Waals surface area contributed by atoms with Crippen LogP contribution in [0.15, 0.2) is 0 Å². The van der Waals surface area contributed by atoms with Gasteiger partial charge in [0.1, 0.15) is 6.42 Å². The van der Waals surface area contributed by atoms with E-state index in [4.69, 9.17) is 5.26 Å². The van der Waals surface area contributed by atoms with E-state index in [1.54, 1.807) is 4.90 Å². The molecule has 0 bridgehead atoms. The number of carbonyl (C=O) groups excluding carboxylic acids is 1. The first-order valence-corrected chi connectivity index (χ1v) is 4.88. The highest BCUT2D eigenvalue weighted by molar-refractivity contribution is 5.78. The SMILES string of the molecule is CN(C(=O)CC#N)C1CCCCC1. The maximum atomic E-state index is 11.3. The van der Waals surface area contributed by atoms with Crippen LogP contribution in [0.5, 0.6) is 0 Å². The standard InChI is InChI=1S/C10H16N2O/c1-12(10(13)7-8-11)9-5-3-2-4-6-9/h9H,2-7H2,1H3. The van der Waals surface area contributed by atoms with Crippen molar-refractivity contribution in [3.05, 3.63) is 0 Å². The number of nitrogens with zero attached hydrogens (tertiary/aromatic N) is 2. The van der Waals surface area contributed by atoms with Gasteiger partial charge in [0, 0.05) is 13.1 Å². The molecular formula is C10H16N2O. The summed E-state index contributed by atoms with van der Waals surface area (Å²) in [5, 5.41) is 8.39. The van der Waals surface area contributed by atoms with Crippen molar-refractivity contribution in [1.82, 2.24) is 4.90 Å². The lowest BCUT2D eigenvalue weighted by molar-refractivity contribution is -0.131. The normalized spacial score (nSPS) is 17.8. The minimum atomic E-state index is -0.0330. The Morgan fingerprint density at radius 1 is 1.46 bits per heavy atom. The smallest absolute Gasteiger partial charge is 0.236 e. The van der Waals surface area contributed by atoms with E-state index in [-0.39, 0.29) is 12.3 Å². The Labute approximate surface area is 79.3 Å². The van der Waals surface area contributed by atoms with Crippen molar-refractivity contribution in [3.8, 4) is 6.07 Å². The van der Waals surface area contributed by atoms with E-state index in [1.165, 1.54) is 19.3 Å². The summed E-state index contributed by atoms with van der Waals surface area (Å²) in [5.41, 5.74) is 0. The third-order valence-electron chi connectivity index (χ3n) is 2.75. The van der Waals surface area contributed by atoms with E-state index < -0.39 is 0 Å². The van der Waals surface area contributed by atoms with Crippen molar-refractivity contribution >= 4 is 5.91 Å². The van der Waals surface area contributed by atoms with Crippen molar-refractivity contribution in [3.63, 3.8) is 0 Å². The van der Waals surface area contributed by atoms with Crippen LogP contribution in [-0.2, 0) is 4.79 Å². The molecular weight excluding hydrogens is 164 g/mol. The molecule has 1 saturated carbocycles. The van der Waals surface area contributed by atoms with E-state index in [2.05, 4.69) is 0 Å². The number of amides is 1. The van der Waals surface area contributed by atoms with Gasteiger partial charge in [0.2, 0.25) is 5.91 Å². The minimum Gasteiger partial charge on any atom is -0.342 e. The molecule has 0 aromatic carbocycles. The highest BCUT2D eigenvalue weighted by Crippen LogP contribution is 2.21. The zero-order valence-corrected chi connectivity index (χ0v) is 8.12. The number of nitriles is 1. The molecule has 1 aliphatic carbocycles. The van der Waals surface area contributed by atoms with Crippen molar-refractivity contribution in [2.24, 2.45) is 0 Å². The molecule has 0 aromatic heterocycles. The molecule has 1 fully saturated rings. The summed E-state index contributed by atoms with van der Waals surface area (Å²) in [4.78, 5) is 13.1. The highest BCUT2D eigenvalue weighted by Gasteiger charge is 2.21. The first-order chi connectivity index (χ1) is 6.25. The Balaban J connectivity index is 2.41. The van der Waals surface area contributed by atoms with E-state index in [1.807, 2.05) is 13.1 Å². The van der Waals surface area contributed by atoms with Gasteiger partial charge in [-0.15, -0.1) is 0 Å². The summed E-state index contributed by atoms with van der Waals surface area (Å²) in [6.07, 6.45) is 5.95. The third kappa shape index (κ3) is 2.73. The second-order valence-electron chi connectivity index (χ2n) is 3.63. The Morgan fingerprint density at radius 2 is 2.08 bits per heavy atom. The van der Waals surface area contributed by atoms with Crippen molar-refractivity contribution in [2.45, 2.75) is 44.6 Å². The molecule has 0 unspecified atom stereocenters. The molecule has 1 rings (SSSR count). The van der Waals surface area contributed by atoms with Gasteiger partial charge in [-0.1, -0.05) is 19.3 Å². The van der Waals surface area contributed by atoms with Crippen molar-refractivity contribution in [1.29, 1.82) is 5.26 Å². The molecule has 1 aliphatic rings. The summed E-state index contributed by atoms with van der Waals surface area (Å²) < 4.78 is 0. The van der Waals surface area contributed by atoms with Crippen LogP contribution in [0.3, 0.4) is 0 Å². The van der Waals surface area contributed by atoms with Crippen LogP contribution in [0.2, 0.25) is 0 Å². The van der Waals surface area contributed by atoms with Gasteiger partial charge in [0.05, 0.1) is 6.07 Å². The Bertz CT molecular complexity index is 213. The number of carbonyl (C=O) groups is 1. The quantitative estimate of drug-likeness (QED) is 0.649. The average Bonchev–Trinajstić information content (AvgIpc) is 2.18. The molecule has 3 heteroatoms. The number of hydrogen-bond acceptors (Lipinski definition) is 2. The molecule has 0 heterocycles. The van der Waals surface area contributed by atoms with Gasteiger partial charge < -0.3 is 4.90 Å². The fourth-order valence-electron chi connectivity index (χ4n) is 1.86. The second kappa shape index (κ2) is 4.86. The zero-order valence-electron chi connectivity index (χ0n) is 8.12. The molecule has 13 heavy (non-hydrogen) atoms.